The van der Waals surface area contributed by atoms with Crippen molar-refractivity contribution < 1.29 is 0 Å². The molecular formula is C20H27ClN6. The molecule has 2 aliphatic rings. The molecule has 2 aromatic rings. The van der Waals surface area contributed by atoms with Gasteiger partial charge in [-0.05, 0) is 49.7 Å². The highest BCUT2D eigenvalue weighted by molar-refractivity contribution is 6.29. The average molecular weight is 387 g/mol. The maximum absolute atomic E-state index is 6.07. The van der Waals surface area contributed by atoms with Crippen LogP contribution in [0.3, 0.4) is 0 Å². The van der Waals surface area contributed by atoms with Gasteiger partial charge in [0, 0.05) is 12.1 Å². The second-order valence-electron chi connectivity index (χ2n) is 7.97. The fraction of sp³-hybridized carbons (Fsp3) is 0.600. The van der Waals surface area contributed by atoms with Gasteiger partial charge >= 0.3 is 0 Å². The number of nitrogens with one attached hydrogen (secondary N) is 2. The van der Waals surface area contributed by atoms with Crippen LogP contribution >= 0.6 is 11.6 Å². The Hall–Kier alpha value is -1.95. The van der Waals surface area contributed by atoms with Crippen molar-refractivity contribution in [1.82, 2.24) is 19.9 Å². The van der Waals surface area contributed by atoms with Crippen LogP contribution in [-0.2, 0) is 0 Å². The smallest absolute Gasteiger partial charge is 0.228 e. The first-order chi connectivity index (χ1) is 13.1. The number of nitrogens with zero attached hydrogens (tertiary/aromatic N) is 4. The Morgan fingerprint density at radius 3 is 1.89 bits per heavy atom. The third-order valence-corrected chi connectivity index (χ3v) is 6.14. The molecule has 0 saturated heterocycles. The largest absolute Gasteiger partial charge is 0.351 e. The summed E-state index contributed by atoms with van der Waals surface area (Å²) in [4.78, 5) is 18.3. The Balaban J connectivity index is 1.64. The Morgan fingerprint density at radius 2 is 1.41 bits per heavy atom. The van der Waals surface area contributed by atoms with Crippen molar-refractivity contribution in [2.75, 3.05) is 10.6 Å². The van der Waals surface area contributed by atoms with Gasteiger partial charge in [0.2, 0.25) is 11.9 Å². The number of aromatic nitrogens is 4. The van der Waals surface area contributed by atoms with Crippen LogP contribution in [0.15, 0.2) is 18.2 Å². The second-order valence-corrected chi connectivity index (χ2v) is 8.36. The molecule has 0 bridgehead atoms. The number of rotatable bonds is 5. The van der Waals surface area contributed by atoms with E-state index in [9.17, 15) is 0 Å². The summed E-state index contributed by atoms with van der Waals surface area (Å²) in [5.74, 6) is 3.04. The van der Waals surface area contributed by atoms with E-state index >= 15 is 0 Å². The van der Waals surface area contributed by atoms with Crippen LogP contribution in [0.25, 0.3) is 11.5 Å². The van der Waals surface area contributed by atoms with Gasteiger partial charge in [-0.3, -0.25) is 0 Å². The van der Waals surface area contributed by atoms with E-state index in [1.807, 2.05) is 12.1 Å². The first-order valence-corrected chi connectivity index (χ1v) is 10.4. The Morgan fingerprint density at radius 1 is 0.815 bits per heavy atom. The van der Waals surface area contributed by atoms with Crippen molar-refractivity contribution in [1.29, 1.82) is 0 Å². The molecule has 4 rings (SSSR count). The lowest BCUT2D eigenvalue weighted by atomic mass is 10.1. The predicted octanol–water partition coefficient (Wildman–Crippen LogP) is 4.79. The van der Waals surface area contributed by atoms with Crippen LogP contribution in [0.2, 0.25) is 5.15 Å². The number of pyridine rings is 1. The van der Waals surface area contributed by atoms with Gasteiger partial charge in [0.05, 0.1) is 0 Å². The van der Waals surface area contributed by atoms with E-state index in [2.05, 4.69) is 44.4 Å². The third kappa shape index (κ3) is 4.32. The molecule has 0 aromatic carbocycles. The maximum atomic E-state index is 6.07. The SMILES string of the molecule is CC1CCCC1Nc1nc(NC2CCCC2C)nc(-c2cccc(Cl)n2)n1. The molecule has 0 amide bonds. The number of halogens is 1. The van der Waals surface area contributed by atoms with Crippen molar-refractivity contribution in [3.63, 3.8) is 0 Å². The van der Waals surface area contributed by atoms with Crippen molar-refractivity contribution in [3.05, 3.63) is 23.4 Å². The molecule has 2 fully saturated rings. The van der Waals surface area contributed by atoms with Crippen molar-refractivity contribution in [2.24, 2.45) is 11.8 Å². The van der Waals surface area contributed by atoms with Crippen LogP contribution in [-0.4, -0.2) is 32.0 Å². The minimum absolute atomic E-state index is 0.408. The fourth-order valence-corrected chi connectivity index (χ4v) is 4.37. The molecule has 0 radical (unpaired) electrons. The molecule has 27 heavy (non-hydrogen) atoms. The first kappa shape index (κ1) is 18.4. The summed E-state index contributed by atoms with van der Waals surface area (Å²) in [5, 5.41) is 7.49. The molecule has 6 nitrogen and oxygen atoms in total. The standard InChI is InChI=1S/C20H27ClN6/c1-12-6-3-8-14(12)23-19-25-18(16-10-5-11-17(21)22-16)26-20(27-19)24-15-9-4-7-13(15)2/h5,10-15H,3-4,6-9H2,1-2H3,(H2,23,24,25,26,27). The van der Waals surface area contributed by atoms with Crippen LogP contribution in [0.4, 0.5) is 11.9 Å². The van der Waals surface area contributed by atoms with Gasteiger partial charge in [-0.15, -0.1) is 0 Å². The van der Waals surface area contributed by atoms with Gasteiger partial charge in [0.1, 0.15) is 10.8 Å². The summed E-state index contributed by atoms with van der Waals surface area (Å²) in [6, 6.07) is 6.32. The molecule has 0 spiro atoms. The van der Waals surface area contributed by atoms with Crippen LogP contribution < -0.4 is 10.6 Å². The van der Waals surface area contributed by atoms with Gasteiger partial charge in [0.15, 0.2) is 5.82 Å². The molecule has 144 valence electrons. The number of anilines is 2. The van der Waals surface area contributed by atoms with Crippen molar-refractivity contribution >= 4 is 23.5 Å². The molecule has 2 aliphatic carbocycles. The highest BCUT2D eigenvalue weighted by atomic mass is 35.5. The maximum Gasteiger partial charge on any atom is 0.228 e. The van der Waals surface area contributed by atoms with Crippen LogP contribution in [0, 0.1) is 11.8 Å². The minimum atomic E-state index is 0.408. The van der Waals surface area contributed by atoms with Gasteiger partial charge in [-0.2, -0.15) is 15.0 Å². The summed E-state index contributed by atoms with van der Waals surface area (Å²) in [6.07, 6.45) is 7.29. The monoisotopic (exact) mass is 386 g/mol. The molecule has 2 aromatic heterocycles. The van der Waals surface area contributed by atoms with E-state index < -0.39 is 0 Å². The molecular weight excluding hydrogens is 360 g/mol. The lowest BCUT2D eigenvalue weighted by molar-refractivity contribution is 0.549. The third-order valence-electron chi connectivity index (χ3n) is 5.93. The van der Waals surface area contributed by atoms with E-state index in [1.165, 1.54) is 25.7 Å². The summed E-state index contributed by atoms with van der Waals surface area (Å²) >= 11 is 6.07. The summed E-state index contributed by atoms with van der Waals surface area (Å²) in [5.41, 5.74) is 0.662. The zero-order valence-electron chi connectivity index (χ0n) is 16.0. The average Bonchev–Trinajstić information content (AvgIpc) is 3.23. The quantitative estimate of drug-likeness (QED) is 0.719. The van der Waals surface area contributed by atoms with Gasteiger partial charge in [-0.25, -0.2) is 4.98 Å². The fourth-order valence-electron chi connectivity index (χ4n) is 4.20. The van der Waals surface area contributed by atoms with E-state index in [-0.39, 0.29) is 0 Å². The number of hydrogen-bond acceptors (Lipinski definition) is 6. The lowest BCUT2D eigenvalue weighted by Gasteiger charge is -2.20. The van der Waals surface area contributed by atoms with Gasteiger partial charge in [0.25, 0.3) is 0 Å². The highest BCUT2D eigenvalue weighted by Crippen LogP contribution is 2.30. The molecule has 2 N–H and O–H groups in total. The molecule has 4 atom stereocenters. The lowest BCUT2D eigenvalue weighted by Crippen LogP contribution is -2.26. The Labute approximate surface area is 165 Å². The van der Waals surface area contributed by atoms with Crippen LogP contribution in [0.5, 0.6) is 0 Å². The van der Waals surface area contributed by atoms with E-state index in [1.54, 1.807) is 6.07 Å². The number of hydrogen-bond donors (Lipinski definition) is 2. The Bertz CT molecular complexity index is 758. The predicted molar refractivity (Wildman–Crippen MR) is 109 cm³/mol. The minimum Gasteiger partial charge on any atom is -0.351 e. The molecule has 7 heteroatoms. The zero-order valence-corrected chi connectivity index (χ0v) is 16.7. The van der Waals surface area contributed by atoms with E-state index in [4.69, 9.17) is 11.6 Å². The summed E-state index contributed by atoms with van der Waals surface area (Å²) in [7, 11) is 0. The van der Waals surface area contributed by atoms with Crippen molar-refractivity contribution in [3.8, 4) is 11.5 Å². The molecule has 2 saturated carbocycles. The second kappa shape index (κ2) is 7.97. The summed E-state index contributed by atoms with van der Waals surface area (Å²) in [6.45, 7) is 4.56. The molecule has 0 aliphatic heterocycles. The molecule has 4 unspecified atom stereocenters. The highest BCUT2D eigenvalue weighted by Gasteiger charge is 2.26. The normalized spacial score (nSPS) is 27.7. The van der Waals surface area contributed by atoms with E-state index in [0.29, 0.717) is 52.5 Å². The summed E-state index contributed by atoms with van der Waals surface area (Å²) < 4.78 is 0. The Kier molecular flexibility index (Phi) is 5.43. The zero-order chi connectivity index (χ0) is 18.8. The van der Waals surface area contributed by atoms with E-state index in [0.717, 1.165) is 12.8 Å². The van der Waals surface area contributed by atoms with Gasteiger partial charge < -0.3 is 10.6 Å². The first-order valence-electron chi connectivity index (χ1n) is 10.0. The van der Waals surface area contributed by atoms with Crippen LogP contribution in [0.1, 0.15) is 52.4 Å². The molecule has 2 heterocycles. The topological polar surface area (TPSA) is 75.6 Å². The van der Waals surface area contributed by atoms with Gasteiger partial charge in [-0.1, -0.05) is 44.4 Å². The van der Waals surface area contributed by atoms with Crippen molar-refractivity contribution in [2.45, 2.75) is 64.5 Å².